The van der Waals surface area contributed by atoms with Crippen LogP contribution in [0.2, 0.25) is 0 Å². The molecule has 0 saturated carbocycles. The van der Waals surface area contributed by atoms with E-state index in [0.717, 1.165) is 44.2 Å². The van der Waals surface area contributed by atoms with Gasteiger partial charge in [-0.25, -0.2) is 0 Å². The molecule has 0 spiro atoms. The van der Waals surface area contributed by atoms with Gasteiger partial charge in [0.2, 0.25) is 0 Å². The molecule has 2 atom stereocenters. The van der Waals surface area contributed by atoms with Gasteiger partial charge in [0.1, 0.15) is 11.4 Å². The Bertz CT molecular complexity index is 469. The molecule has 4 nitrogen and oxygen atoms in total. The van der Waals surface area contributed by atoms with Gasteiger partial charge in [-0.2, -0.15) is 0 Å². The van der Waals surface area contributed by atoms with E-state index in [2.05, 4.69) is 24.8 Å². The van der Waals surface area contributed by atoms with Gasteiger partial charge in [0.15, 0.2) is 0 Å². The first kappa shape index (κ1) is 13.9. The highest BCUT2D eigenvalue weighted by Gasteiger charge is 2.42. The first-order chi connectivity index (χ1) is 9.58. The summed E-state index contributed by atoms with van der Waals surface area (Å²) in [6.45, 7) is 8.87. The average Bonchev–Trinajstić information content (AvgIpc) is 2.44. The van der Waals surface area contributed by atoms with Crippen LogP contribution < -0.4 is 10.5 Å². The van der Waals surface area contributed by atoms with Crippen molar-refractivity contribution in [1.82, 2.24) is 4.90 Å². The topological polar surface area (TPSA) is 47.7 Å². The summed E-state index contributed by atoms with van der Waals surface area (Å²) >= 11 is 0. The molecule has 1 saturated heterocycles. The van der Waals surface area contributed by atoms with Crippen molar-refractivity contribution >= 4 is 0 Å². The molecule has 2 unspecified atom stereocenters. The Balaban J connectivity index is 1.82. The van der Waals surface area contributed by atoms with E-state index in [1.54, 1.807) is 0 Å². The van der Waals surface area contributed by atoms with E-state index < -0.39 is 0 Å². The molecule has 1 aromatic rings. The maximum absolute atomic E-state index is 6.55. The SMILES string of the molecule is CC1(C)Oc2ccccc2C(N)C1CN1CCOCC1. The summed E-state index contributed by atoms with van der Waals surface area (Å²) in [6, 6.07) is 8.16. The number of nitrogens with zero attached hydrogens (tertiary/aromatic N) is 1. The highest BCUT2D eigenvalue weighted by atomic mass is 16.5. The lowest BCUT2D eigenvalue weighted by atomic mass is 9.78. The largest absolute Gasteiger partial charge is 0.487 e. The molecule has 4 heteroatoms. The van der Waals surface area contributed by atoms with Crippen molar-refractivity contribution in [2.24, 2.45) is 11.7 Å². The smallest absolute Gasteiger partial charge is 0.124 e. The van der Waals surface area contributed by atoms with E-state index in [1.165, 1.54) is 0 Å². The Labute approximate surface area is 120 Å². The molecule has 2 heterocycles. The Hall–Kier alpha value is -1.10. The van der Waals surface area contributed by atoms with Gasteiger partial charge in [0, 0.05) is 37.2 Å². The zero-order chi connectivity index (χ0) is 14.2. The molecule has 0 bridgehead atoms. The van der Waals surface area contributed by atoms with E-state index >= 15 is 0 Å². The van der Waals surface area contributed by atoms with Crippen molar-refractivity contribution in [1.29, 1.82) is 0 Å². The van der Waals surface area contributed by atoms with Crippen LogP contribution in [0.5, 0.6) is 5.75 Å². The van der Waals surface area contributed by atoms with Crippen LogP contribution in [0, 0.1) is 5.92 Å². The lowest BCUT2D eigenvalue weighted by Crippen LogP contribution is -2.53. The van der Waals surface area contributed by atoms with Gasteiger partial charge < -0.3 is 15.2 Å². The van der Waals surface area contributed by atoms with Crippen LogP contribution >= 0.6 is 0 Å². The summed E-state index contributed by atoms with van der Waals surface area (Å²) in [6.07, 6.45) is 0. The fraction of sp³-hybridized carbons (Fsp3) is 0.625. The van der Waals surface area contributed by atoms with Gasteiger partial charge in [-0.05, 0) is 19.9 Å². The standard InChI is InChI=1S/C16H24N2O2/c1-16(2)13(11-18-7-9-19-10-8-18)15(17)12-5-3-4-6-14(12)20-16/h3-6,13,15H,7-11,17H2,1-2H3. The predicted molar refractivity (Wildman–Crippen MR) is 78.8 cm³/mol. The van der Waals surface area contributed by atoms with Crippen LogP contribution in [0.3, 0.4) is 0 Å². The maximum atomic E-state index is 6.55. The number of rotatable bonds is 2. The Morgan fingerprint density at radius 3 is 2.70 bits per heavy atom. The van der Waals surface area contributed by atoms with E-state index in [-0.39, 0.29) is 17.6 Å². The number of fused-ring (bicyclic) bond motifs is 1. The fourth-order valence-electron chi connectivity index (χ4n) is 3.25. The fourth-order valence-corrected chi connectivity index (χ4v) is 3.25. The molecule has 2 N–H and O–H groups in total. The quantitative estimate of drug-likeness (QED) is 0.895. The van der Waals surface area contributed by atoms with Gasteiger partial charge in [-0.15, -0.1) is 0 Å². The summed E-state index contributed by atoms with van der Waals surface area (Å²) in [5, 5.41) is 0. The lowest BCUT2D eigenvalue weighted by molar-refractivity contribution is -0.0287. The van der Waals surface area contributed by atoms with Gasteiger partial charge in [-0.3, -0.25) is 4.90 Å². The molecule has 110 valence electrons. The molecule has 0 aromatic heterocycles. The van der Waals surface area contributed by atoms with Crippen molar-refractivity contribution in [3.63, 3.8) is 0 Å². The lowest BCUT2D eigenvalue weighted by Gasteiger charge is -2.46. The number of hydrogen-bond acceptors (Lipinski definition) is 4. The van der Waals surface area contributed by atoms with Crippen molar-refractivity contribution in [2.45, 2.75) is 25.5 Å². The molecule has 2 aliphatic rings. The van der Waals surface area contributed by atoms with Crippen LogP contribution in [-0.4, -0.2) is 43.3 Å². The van der Waals surface area contributed by atoms with Gasteiger partial charge in [-0.1, -0.05) is 18.2 Å². The number of nitrogens with two attached hydrogens (primary N) is 1. The van der Waals surface area contributed by atoms with Crippen molar-refractivity contribution in [3.05, 3.63) is 29.8 Å². The van der Waals surface area contributed by atoms with Crippen LogP contribution in [0.15, 0.2) is 24.3 Å². The van der Waals surface area contributed by atoms with Crippen molar-refractivity contribution in [2.75, 3.05) is 32.8 Å². The molecular formula is C16H24N2O2. The van der Waals surface area contributed by atoms with Crippen molar-refractivity contribution < 1.29 is 9.47 Å². The van der Waals surface area contributed by atoms with E-state index in [0.29, 0.717) is 0 Å². The second-order valence-corrected chi connectivity index (χ2v) is 6.29. The molecule has 0 amide bonds. The van der Waals surface area contributed by atoms with E-state index in [9.17, 15) is 0 Å². The highest BCUT2D eigenvalue weighted by molar-refractivity contribution is 5.39. The summed E-state index contributed by atoms with van der Waals surface area (Å²) < 4.78 is 11.6. The first-order valence-corrected chi connectivity index (χ1v) is 7.41. The van der Waals surface area contributed by atoms with Crippen LogP contribution in [0.4, 0.5) is 0 Å². The van der Waals surface area contributed by atoms with Crippen molar-refractivity contribution in [3.8, 4) is 5.75 Å². The van der Waals surface area contributed by atoms with Crippen LogP contribution in [0.1, 0.15) is 25.5 Å². The maximum Gasteiger partial charge on any atom is 0.124 e. The third-order valence-corrected chi connectivity index (χ3v) is 4.54. The molecule has 1 aromatic carbocycles. The molecule has 1 fully saturated rings. The second-order valence-electron chi connectivity index (χ2n) is 6.29. The van der Waals surface area contributed by atoms with Gasteiger partial charge >= 0.3 is 0 Å². The van der Waals surface area contributed by atoms with Crippen LogP contribution in [0.25, 0.3) is 0 Å². The number of benzene rings is 1. The van der Waals surface area contributed by atoms with E-state index in [4.69, 9.17) is 15.2 Å². The van der Waals surface area contributed by atoms with Crippen LogP contribution in [-0.2, 0) is 4.74 Å². The molecule has 20 heavy (non-hydrogen) atoms. The normalized spacial score (nSPS) is 29.6. The third kappa shape index (κ3) is 2.55. The van der Waals surface area contributed by atoms with E-state index in [1.807, 2.05) is 18.2 Å². The second kappa shape index (κ2) is 5.35. The summed E-state index contributed by atoms with van der Waals surface area (Å²) in [5.74, 6) is 1.22. The minimum absolute atomic E-state index is 0.0257. The average molecular weight is 276 g/mol. The molecule has 0 aliphatic carbocycles. The Kier molecular flexibility index (Phi) is 3.71. The summed E-state index contributed by atoms with van der Waals surface area (Å²) in [7, 11) is 0. The third-order valence-electron chi connectivity index (χ3n) is 4.54. The Morgan fingerprint density at radius 1 is 1.25 bits per heavy atom. The predicted octanol–water partition coefficient (Wildman–Crippen LogP) is 1.81. The van der Waals surface area contributed by atoms with Gasteiger partial charge in [0.25, 0.3) is 0 Å². The number of ether oxygens (including phenoxy) is 2. The zero-order valence-electron chi connectivity index (χ0n) is 12.3. The molecular weight excluding hydrogens is 252 g/mol. The molecule has 0 radical (unpaired) electrons. The number of hydrogen-bond donors (Lipinski definition) is 1. The number of morpholine rings is 1. The highest BCUT2D eigenvalue weighted by Crippen LogP contribution is 2.42. The molecule has 2 aliphatic heterocycles. The van der Waals surface area contributed by atoms with Gasteiger partial charge in [0.05, 0.1) is 13.2 Å². The molecule has 3 rings (SSSR count). The monoisotopic (exact) mass is 276 g/mol. The first-order valence-electron chi connectivity index (χ1n) is 7.41. The minimum atomic E-state index is -0.244. The minimum Gasteiger partial charge on any atom is -0.487 e. The summed E-state index contributed by atoms with van der Waals surface area (Å²) in [4.78, 5) is 2.44. The number of para-hydroxylation sites is 1. The Morgan fingerprint density at radius 2 is 1.95 bits per heavy atom. The zero-order valence-corrected chi connectivity index (χ0v) is 12.3. The summed E-state index contributed by atoms with van der Waals surface area (Å²) in [5.41, 5.74) is 7.43.